The molecule has 4 nitrogen and oxygen atoms in total. The van der Waals surface area contributed by atoms with E-state index in [0.29, 0.717) is 24.0 Å². The molecule has 0 saturated carbocycles. The van der Waals surface area contributed by atoms with E-state index in [1.165, 1.54) is 6.08 Å². The molecular formula is C23H33NO3. The molecule has 1 unspecified atom stereocenters. The van der Waals surface area contributed by atoms with E-state index in [1.54, 1.807) is 18.2 Å². The highest BCUT2D eigenvalue weighted by Crippen LogP contribution is 2.21. The van der Waals surface area contributed by atoms with E-state index in [9.17, 15) is 9.59 Å². The van der Waals surface area contributed by atoms with E-state index >= 15 is 0 Å². The van der Waals surface area contributed by atoms with Crippen LogP contribution in [-0.2, 0) is 14.3 Å². The first-order valence-electron chi connectivity index (χ1n) is 9.33. The van der Waals surface area contributed by atoms with Crippen molar-refractivity contribution in [3.8, 4) is 0 Å². The Morgan fingerprint density at radius 2 is 1.78 bits per heavy atom. The molecule has 0 rings (SSSR count). The summed E-state index contributed by atoms with van der Waals surface area (Å²) in [6, 6.07) is 0. The lowest BCUT2D eigenvalue weighted by atomic mass is 9.90. The number of nitrogens with one attached hydrogen (secondary N) is 1. The quantitative estimate of drug-likeness (QED) is 0.299. The van der Waals surface area contributed by atoms with Gasteiger partial charge in [-0.05, 0) is 38.3 Å². The number of carbonyl (C=O) groups is 2. The molecular weight excluding hydrogens is 338 g/mol. The largest absolute Gasteiger partial charge is 0.459 e. The van der Waals surface area contributed by atoms with Gasteiger partial charge in [0, 0.05) is 5.57 Å². The van der Waals surface area contributed by atoms with Gasteiger partial charge in [-0.1, -0.05) is 76.0 Å². The van der Waals surface area contributed by atoms with Crippen LogP contribution >= 0.6 is 0 Å². The number of esters is 1. The Bertz CT molecular complexity index is 638. The summed E-state index contributed by atoms with van der Waals surface area (Å²) in [6.45, 7) is 15.2. The molecule has 0 aromatic heterocycles. The molecule has 0 aliphatic carbocycles. The fourth-order valence-corrected chi connectivity index (χ4v) is 2.42. The van der Waals surface area contributed by atoms with Gasteiger partial charge in [0.1, 0.15) is 12.1 Å². The molecule has 27 heavy (non-hydrogen) atoms. The highest BCUT2D eigenvalue weighted by molar-refractivity contribution is 5.99. The first kappa shape index (κ1) is 24.4. The molecule has 1 N–H and O–H groups in total. The molecule has 0 radical (unpaired) electrons. The SMILES string of the molecule is C=C/C(=C\C=C/C)C(=O)NC(CC)(CCC)C(=O)OCC(=C)/C=C\C=C/C. The van der Waals surface area contributed by atoms with Crippen molar-refractivity contribution in [2.24, 2.45) is 0 Å². The van der Waals surface area contributed by atoms with Crippen molar-refractivity contribution in [1.29, 1.82) is 0 Å². The monoisotopic (exact) mass is 371 g/mol. The summed E-state index contributed by atoms with van der Waals surface area (Å²) in [4.78, 5) is 25.4. The number of ether oxygens (including phenoxy) is 1. The van der Waals surface area contributed by atoms with Crippen LogP contribution in [-0.4, -0.2) is 24.0 Å². The molecule has 0 aliphatic rings. The molecule has 0 fully saturated rings. The fraction of sp³-hybridized carbons (Fsp3) is 0.391. The van der Waals surface area contributed by atoms with Gasteiger partial charge in [0.25, 0.3) is 5.91 Å². The Morgan fingerprint density at radius 1 is 1.11 bits per heavy atom. The van der Waals surface area contributed by atoms with Gasteiger partial charge in [-0.2, -0.15) is 0 Å². The number of hydrogen-bond acceptors (Lipinski definition) is 3. The van der Waals surface area contributed by atoms with Crippen LogP contribution in [0.2, 0.25) is 0 Å². The molecule has 4 heteroatoms. The lowest BCUT2D eigenvalue weighted by Crippen LogP contribution is -2.55. The second-order valence-corrected chi connectivity index (χ2v) is 6.11. The van der Waals surface area contributed by atoms with E-state index in [0.717, 1.165) is 6.42 Å². The normalized spacial score (nSPS) is 14.4. The van der Waals surface area contributed by atoms with Crippen molar-refractivity contribution in [2.45, 2.75) is 52.5 Å². The zero-order valence-corrected chi connectivity index (χ0v) is 17.1. The Hall–Kier alpha value is -2.62. The summed E-state index contributed by atoms with van der Waals surface area (Å²) in [5.41, 5.74) is -0.000428. The van der Waals surface area contributed by atoms with Gasteiger partial charge >= 0.3 is 5.97 Å². The van der Waals surface area contributed by atoms with Crippen molar-refractivity contribution >= 4 is 11.9 Å². The van der Waals surface area contributed by atoms with Crippen LogP contribution in [0.3, 0.4) is 0 Å². The average Bonchev–Trinajstić information content (AvgIpc) is 2.66. The molecule has 0 heterocycles. The Balaban J connectivity index is 5.32. The van der Waals surface area contributed by atoms with Crippen LogP contribution in [0, 0.1) is 0 Å². The van der Waals surface area contributed by atoms with Gasteiger partial charge in [-0.25, -0.2) is 4.79 Å². The molecule has 0 aromatic rings. The van der Waals surface area contributed by atoms with E-state index in [-0.39, 0.29) is 12.5 Å². The summed E-state index contributed by atoms with van der Waals surface area (Å²) in [7, 11) is 0. The van der Waals surface area contributed by atoms with Crippen LogP contribution in [0.15, 0.2) is 72.9 Å². The smallest absolute Gasteiger partial charge is 0.332 e. The minimum Gasteiger partial charge on any atom is -0.459 e. The lowest BCUT2D eigenvalue weighted by Gasteiger charge is -2.31. The van der Waals surface area contributed by atoms with Crippen molar-refractivity contribution in [3.05, 3.63) is 72.9 Å². The standard InChI is InChI=1S/C23H33NO3/c1-7-12-14-15-19(6)18-27-22(26)23(11-5,17-9-3)24-21(25)20(10-4)16-13-8-2/h7-8,10,12-16H,4,6,9,11,17-18H2,1-3,5H3,(H,24,25)/b12-7-,13-8-,15-14-,20-16+. The maximum Gasteiger partial charge on any atom is 0.332 e. The zero-order chi connectivity index (χ0) is 20.7. The van der Waals surface area contributed by atoms with Crippen LogP contribution < -0.4 is 5.32 Å². The Labute approximate surface area is 164 Å². The predicted octanol–water partition coefficient (Wildman–Crippen LogP) is 4.97. The number of carbonyl (C=O) groups excluding carboxylic acids is 2. The highest BCUT2D eigenvalue weighted by atomic mass is 16.5. The predicted molar refractivity (Wildman–Crippen MR) is 113 cm³/mol. The third kappa shape index (κ3) is 8.54. The van der Waals surface area contributed by atoms with Crippen LogP contribution in [0.25, 0.3) is 0 Å². The van der Waals surface area contributed by atoms with Gasteiger partial charge in [0.05, 0.1) is 0 Å². The van der Waals surface area contributed by atoms with Gasteiger partial charge in [-0.3, -0.25) is 4.79 Å². The van der Waals surface area contributed by atoms with E-state index in [4.69, 9.17) is 4.74 Å². The zero-order valence-electron chi connectivity index (χ0n) is 17.1. The molecule has 0 aliphatic heterocycles. The van der Waals surface area contributed by atoms with E-state index in [2.05, 4.69) is 18.5 Å². The summed E-state index contributed by atoms with van der Waals surface area (Å²) < 4.78 is 5.45. The second kappa shape index (κ2) is 13.6. The summed E-state index contributed by atoms with van der Waals surface area (Å²) >= 11 is 0. The van der Waals surface area contributed by atoms with Crippen LogP contribution in [0.5, 0.6) is 0 Å². The maximum atomic E-state index is 12.8. The third-order valence-corrected chi connectivity index (χ3v) is 4.00. The Kier molecular flexibility index (Phi) is 12.2. The minimum absolute atomic E-state index is 0.0803. The fourth-order valence-electron chi connectivity index (χ4n) is 2.42. The number of allylic oxidation sites excluding steroid dienone is 6. The van der Waals surface area contributed by atoms with E-state index < -0.39 is 11.5 Å². The lowest BCUT2D eigenvalue weighted by molar-refractivity contribution is -0.153. The number of hydrogen-bond donors (Lipinski definition) is 1. The highest BCUT2D eigenvalue weighted by Gasteiger charge is 2.39. The maximum absolute atomic E-state index is 12.8. The molecule has 148 valence electrons. The van der Waals surface area contributed by atoms with Gasteiger partial charge in [-0.15, -0.1) is 0 Å². The molecule has 0 bridgehead atoms. The molecule has 0 spiro atoms. The van der Waals surface area contributed by atoms with Crippen molar-refractivity contribution < 1.29 is 14.3 Å². The van der Waals surface area contributed by atoms with E-state index in [1.807, 2.05) is 52.0 Å². The van der Waals surface area contributed by atoms with Gasteiger partial charge < -0.3 is 10.1 Å². The van der Waals surface area contributed by atoms with Crippen molar-refractivity contribution in [3.63, 3.8) is 0 Å². The van der Waals surface area contributed by atoms with Gasteiger partial charge in [0.15, 0.2) is 0 Å². The van der Waals surface area contributed by atoms with Crippen molar-refractivity contribution in [2.75, 3.05) is 6.61 Å². The number of rotatable bonds is 12. The Morgan fingerprint density at radius 3 is 2.30 bits per heavy atom. The van der Waals surface area contributed by atoms with Crippen molar-refractivity contribution in [1.82, 2.24) is 5.32 Å². The third-order valence-electron chi connectivity index (χ3n) is 4.00. The summed E-state index contributed by atoms with van der Waals surface area (Å²) in [5.74, 6) is -0.794. The average molecular weight is 372 g/mol. The minimum atomic E-state index is -1.07. The van der Waals surface area contributed by atoms with Crippen LogP contribution in [0.1, 0.15) is 47.0 Å². The summed E-state index contributed by atoms with van der Waals surface area (Å²) in [5, 5.41) is 2.87. The molecule has 1 amide bonds. The first-order valence-corrected chi connectivity index (χ1v) is 9.33. The topological polar surface area (TPSA) is 55.4 Å². The molecule has 1 atom stereocenters. The molecule has 0 aromatic carbocycles. The first-order chi connectivity index (χ1) is 12.9. The van der Waals surface area contributed by atoms with Crippen LogP contribution in [0.4, 0.5) is 0 Å². The summed E-state index contributed by atoms with van der Waals surface area (Å²) in [6.07, 6.45) is 15.7. The molecule has 0 saturated heterocycles. The second-order valence-electron chi connectivity index (χ2n) is 6.11. The number of amides is 1. The van der Waals surface area contributed by atoms with Gasteiger partial charge in [0.2, 0.25) is 0 Å².